The van der Waals surface area contributed by atoms with E-state index in [-0.39, 0.29) is 0 Å². The highest BCUT2D eigenvalue weighted by atomic mass is 15.1. The molecule has 2 N–H and O–H groups in total. The molecule has 0 heterocycles. The van der Waals surface area contributed by atoms with Crippen LogP contribution < -0.4 is 5.73 Å². The van der Waals surface area contributed by atoms with Gasteiger partial charge in [0.05, 0.1) is 0 Å². The van der Waals surface area contributed by atoms with Crippen LogP contribution in [0, 0.1) is 6.92 Å². The Morgan fingerprint density at radius 3 is 2.82 bits per heavy atom. The number of hydrogen-bond acceptors (Lipinski definition) is 2. The first-order chi connectivity index (χ1) is 5.24. The fourth-order valence-electron chi connectivity index (χ4n) is 0.742. The zero-order chi connectivity index (χ0) is 8.27. The van der Waals surface area contributed by atoms with Gasteiger partial charge in [-0.1, -0.05) is 17.2 Å². The van der Waals surface area contributed by atoms with Gasteiger partial charge in [0.15, 0.2) is 0 Å². The minimum Gasteiger partial charge on any atom is -0.399 e. The molecule has 0 radical (unpaired) electrons. The fraction of sp³-hybridized carbons (Fsp3) is 0.143. The summed E-state index contributed by atoms with van der Waals surface area (Å²) in [4.78, 5) is 2.65. The summed E-state index contributed by atoms with van der Waals surface area (Å²) >= 11 is 0. The molecule has 1 aromatic rings. The van der Waals surface area contributed by atoms with Gasteiger partial charge in [0.1, 0.15) is 0 Å². The van der Waals surface area contributed by atoms with Crippen LogP contribution >= 0.6 is 0 Å². The topological polar surface area (TPSA) is 74.8 Å². The number of nitrogens with two attached hydrogens (primary N) is 1. The molecule has 0 amide bonds. The van der Waals surface area contributed by atoms with E-state index in [4.69, 9.17) is 11.3 Å². The van der Waals surface area contributed by atoms with Crippen molar-refractivity contribution in [3.63, 3.8) is 0 Å². The van der Waals surface area contributed by atoms with E-state index >= 15 is 0 Å². The van der Waals surface area contributed by atoms with Gasteiger partial charge in [-0.15, -0.1) is 0 Å². The lowest BCUT2D eigenvalue weighted by Gasteiger charge is -1.98. The van der Waals surface area contributed by atoms with Crippen LogP contribution in [0.3, 0.4) is 0 Å². The Hall–Kier alpha value is -1.67. The average molecular weight is 148 g/mol. The standard InChI is InChI=1S/C7H8N4/c1-5-2-3-6(10-11-9)4-7(5)8/h2-4H,8H2,1H3. The van der Waals surface area contributed by atoms with E-state index in [0.717, 1.165) is 5.56 Å². The van der Waals surface area contributed by atoms with Gasteiger partial charge in [-0.3, -0.25) is 0 Å². The molecule has 1 rings (SSSR count). The van der Waals surface area contributed by atoms with Gasteiger partial charge in [0, 0.05) is 16.3 Å². The molecule has 4 nitrogen and oxygen atoms in total. The van der Waals surface area contributed by atoms with E-state index in [0.29, 0.717) is 11.4 Å². The normalized spacial score (nSPS) is 8.82. The fourth-order valence-corrected chi connectivity index (χ4v) is 0.742. The smallest absolute Gasteiger partial charge is 0.0395 e. The first-order valence-electron chi connectivity index (χ1n) is 3.15. The number of hydrogen-bond donors (Lipinski definition) is 1. The lowest BCUT2D eigenvalue weighted by molar-refractivity contribution is 1.42. The molecule has 0 saturated heterocycles. The molecule has 56 valence electrons. The number of rotatable bonds is 1. The van der Waals surface area contributed by atoms with Gasteiger partial charge in [-0.2, -0.15) is 0 Å². The molecular weight excluding hydrogens is 140 g/mol. The van der Waals surface area contributed by atoms with Gasteiger partial charge >= 0.3 is 0 Å². The van der Waals surface area contributed by atoms with Crippen LogP contribution in [-0.2, 0) is 0 Å². The SMILES string of the molecule is Cc1ccc(N=[N+]=[N-])cc1N. The van der Waals surface area contributed by atoms with Gasteiger partial charge in [-0.05, 0) is 24.1 Å². The molecule has 0 aliphatic rings. The molecule has 0 saturated carbocycles. The molecule has 0 unspecified atom stereocenters. The predicted molar refractivity (Wildman–Crippen MR) is 44.4 cm³/mol. The number of anilines is 1. The van der Waals surface area contributed by atoms with Gasteiger partial charge < -0.3 is 5.73 Å². The molecule has 0 fully saturated rings. The maximum absolute atomic E-state index is 8.10. The molecule has 11 heavy (non-hydrogen) atoms. The lowest BCUT2D eigenvalue weighted by atomic mass is 10.2. The summed E-state index contributed by atoms with van der Waals surface area (Å²) in [7, 11) is 0. The summed E-state index contributed by atoms with van der Waals surface area (Å²) < 4.78 is 0. The lowest BCUT2D eigenvalue weighted by Crippen LogP contribution is -1.86. The minimum atomic E-state index is 0.551. The van der Waals surface area contributed by atoms with Crippen molar-refractivity contribution < 1.29 is 0 Å². The summed E-state index contributed by atoms with van der Waals surface area (Å²) in [6, 6.07) is 5.19. The molecule has 4 heteroatoms. The number of nitrogen functional groups attached to an aromatic ring is 1. The van der Waals surface area contributed by atoms with Crippen LogP contribution in [0.5, 0.6) is 0 Å². The summed E-state index contributed by atoms with van der Waals surface area (Å²) in [5.74, 6) is 0. The first-order valence-corrected chi connectivity index (χ1v) is 3.15. The molecule has 0 bridgehead atoms. The van der Waals surface area contributed by atoms with E-state index in [1.165, 1.54) is 0 Å². The largest absolute Gasteiger partial charge is 0.399 e. The van der Waals surface area contributed by atoms with Crippen molar-refractivity contribution in [2.75, 3.05) is 5.73 Å². The Bertz CT molecular complexity index is 312. The zero-order valence-corrected chi connectivity index (χ0v) is 6.15. The summed E-state index contributed by atoms with van der Waals surface area (Å²) in [6.45, 7) is 1.90. The van der Waals surface area contributed by atoms with Crippen molar-refractivity contribution in [2.24, 2.45) is 5.11 Å². The highest BCUT2D eigenvalue weighted by Gasteiger charge is 1.92. The third-order valence-corrected chi connectivity index (χ3v) is 1.42. The molecule has 0 aliphatic heterocycles. The van der Waals surface area contributed by atoms with Gasteiger partial charge in [0.25, 0.3) is 0 Å². The van der Waals surface area contributed by atoms with Crippen LogP contribution in [0.1, 0.15) is 5.56 Å². The summed E-state index contributed by atoms with van der Waals surface area (Å²) in [6.07, 6.45) is 0. The van der Waals surface area contributed by atoms with Crippen LogP contribution in [0.25, 0.3) is 10.4 Å². The molecular formula is C7H8N4. The van der Waals surface area contributed by atoms with E-state index in [1.54, 1.807) is 12.1 Å². The monoisotopic (exact) mass is 148 g/mol. The molecule has 0 spiro atoms. The second-order valence-electron chi connectivity index (χ2n) is 2.23. The second-order valence-corrected chi connectivity index (χ2v) is 2.23. The molecule has 0 aromatic heterocycles. The van der Waals surface area contributed by atoms with Crippen molar-refractivity contribution in [1.29, 1.82) is 0 Å². The quantitative estimate of drug-likeness (QED) is 0.282. The van der Waals surface area contributed by atoms with Crippen LogP contribution in [0.15, 0.2) is 23.3 Å². The Balaban J connectivity index is 3.14. The number of azide groups is 1. The molecule has 0 aliphatic carbocycles. The van der Waals surface area contributed by atoms with Crippen molar-refractivity contribution in [3.05, 3.63) is 34.2 Å². The highest BCUT2D eigenvalue weighted by Crippen LogP contribution is 2.19. The van der Waals surface area contributed by atoms with Crippen molar-refractivity contribution in [2.45, 2.75) is 6.92 Å². The number of benzene rings is 1. The van der Waals surface area contributed by atoms with E-state index in [9.17, 15) is 0 Å². The Morgan fingerprint density at radius 1 is 1.55 bits per heavy atom. The summed E-state index contributed by atoms with van der Waals surface area (Å²) in [5, 5.41) is 3.41. The summed E-state index contributed by atoms with van der Waals surface area (Å²) in [5.41, 5.74) is 15.9. The van der Waals surface area contributed by atoms with Crippen LogP contribution in [-0.4, -0.2) is 0 Å². The Morgan fingerprint density at radius 2 is 2.27 bits per heavy atom. The maximum Gasteiger partial charge on any atom is 0.0395 e. The predicted octanol–water partition coefficient (Wildman–Crippen LogP) is 2.52. The number of aryl methyl sites for hydroxylation is 1. The first kappa shape index (κ1) is 7.44. The van der Waals surface area contributed by atoms with E-state index in [2.05, 4.69) is 10.0 Å². The average Bonchev–Trinajstić information content (AvgIpc) is 1.98. The van der Waals surface area contributed by atoms with Crippen molar-refractivity contribution in [3.8, 4) is 0 Å². The zero-order valence-electron chi connectivity index (χ0n) is 6.15. The third kappa shape index (κ3) is 1.63. The second kappa shape index (κ2) is 2.94. The van der Waals surface area contributed by atoms with Crippen molar-refractivity contribution >= 4 is 11.4 Å². The third-order valence-electron chi connectivity index (χ3n) is 1.42. The van der Waals surface area contributed by atoms with E-state index in [1.807, 2.05) is 13.0 Å². The van der Waals surface area contributed by atoms with Crippen molar-refractivity contribution in [1.82, 2.24) is 0 Å². The highest BCUT2D eigenvalue weighted by molar-refractivity contribution is 5.55. The minimum absolute atomic E-state index is 0.551. The maximum atomic E-state index is 8.10. The van der Waals surface area contributed by atoms with Crippen LogP contribution in [0.4, 0.5) is 11.4 Å². The molecule has 0 atom stereocenters. The van der Waals surface area contributed by atoms with Gasteiger partial charge in [0.2, 0.25) is 0 Å². The Labute approximate surface area is 64.3 Å². The van der Waals surface area contributed by atoms with Crippen LogP contribution in [0.2, 0.25) is 0 Å². The Kier molecular flexibility index (Phi) is 1.99. The number of nitrogens with zero attached hydrogens (tertiary/aromatic N) is 3. The van der Waals surface area contributed by atoms with Gasteiger partial charge in [-0.25, -0.2) is 0 Å². The molecule has 1 aromatic carbocycles. The van der Waals surface area contributed by atoms with E-state index < -0.39 is 0 Å².